The van der Waals surface area contributed by atoms with Gasteiger partial charge in [0.1, 0.15) is 11.8 Å². The van der Waals surface area contributed by atoms with Gasteiger partial charge < -0.3 is 10.4 Å². The molecule has 0 aromatic heterocycles. The van der Waals surface area contributed by atoms with Gasteiger partial charge in [-0.05, 0) is 25.0 Å². The van der Waals surface area contributed by atoms with E-state index in [9.17, 15) is 31.9 Å². The van der Waals surface area contributed by atoms with Crippen LogP contribution in [0, 0.1) is 5.92 Å². The van der Waals surface area contributed by atoms with Crippen LogP contribution in [-0.4, -0.2) is 38.9 Å². The molecule has 3 unspecified atom stereocenters. The van der Waals surface area contributed by atoms with Crippen LogP contribution in [0.5, 0.6) is 0 Å². The minimum Gasteiger partial charge on any atom is -0.508 e. The molecule has 1 heterocycles. The summed E-state index contributed by atoms with van der Waals surface area (Å²) in [6.07, 6.45) is 0.116. The Bertz CT molecular complexity index is 889. The van der Waals surface area contributed by atoms with E-state index >= 15 is 0 Å². The van der Waals surface area contributed by atoms with Gasteiger partial charge in [0.05, 0.1) is 23.2 Å². The topological polar surface area (TPSA) is 73.7 Å². The molecule has 0 radical (unpaired) electrons. The molecule has 0 saturated heterocycles. The van der Waals surface area contributed by atoms with Gasteiger partial charge in [0.15, 0.2) is 0 Å². The Hall–Kier alpha value is -1.63. The maximum Gasteiger partial charge on any atom is 0.414 e. The van der Waals surface area contributed by atoms with Gasteiger partial charge in [-0.2, -0.15) is 27.1 Å². The first-order valence-corrected chi connectivity index (χ1v) is 10.3. The number of aliphatic hydroxyl groups is 1. The first kappa shape index (κ1) is 23.0. The summed E-state index contributed by atoms with van der Waals surface area (Å²) < 4.78 is 62.8. The minimum atomic E-state index is -4.64. The number of halogens is 7. The number of amides is 1. The van der Waals surface area contributed by atoms with Gasteiger partial charge in [-0.15, -0.1) is 0 Å². The van der Waals surface area contributed by atoms with E-state index in [-0.39, 0.29) is 29.9 Å². The van der Waals surface area contributed by atoms with Crippen molar-refractivity contribution in [3.05, 3.63) is 46.2 Å². The number of carbonyl (C=O) groups excluding carboxylic acids is 1. The van der Waals surface area contributed by atoms with Gasteiger partial charge in [-0.3, -0.25) is 10.2 Å². The lowest BCUT2D eigenvalue weighted by atomic mass is 9.91. The fourth-order valence-electron chi connectivity index (χ4n) is 3.27. The van der Waals surface area contributed by atoms with E-state index in [0.29, 0.717) is 0 Å². The molecule has 2 aliphatic carbocycles. The average molecular weight is 564 g/mol. The SMILES string of the molecule is O=C(NC1C=C(O)C(C2=NNC(C(F)(F)I)C2)=CC1)C1C=CC(Cl)=C(C(F)(F)F)C1. The highest BCUT2D eigenvalue weighted by Gasteiger charge is 2.41. The first-order valence-electron chi connectivity index (χ1n) is 8.81. The summed E-state index contributed by atoms with van der Waals surface area (Å²) in [5.74, 6) is -1.95. The van der Waals surface area contributed by atoms with Crippen LogP contribution in [0.4, 0.5) is 22.0 Å². The van der Waals surface area contributed by atoms with Crippen molar-refractivity contribution in [3.8, 4) is 0 Å². The number of hydrogen-bond donors (Lipinski definition) is 3. The van der Waals surface area contributed by atoms with Gasteiger partial charge in [0.2, 0.25) is 5.91 Å². The van der Waals surface area contributed by atoms with Crippen molar-refractivity contribution in [1.29, 1.82) is 0 Å². The Balaban J connectivity index is 1.60. The summed E-state index contributed by atoms with van der Waals surface area (Å²) in [5.41, 5.74) is 1.91. The molecule has 5 nitrogen and oxygen atoms in total. The largest absolute Gasteiger partial charge is 0.508 e. The Morgan fingerprint density at radius 3 is 2.57 bits per heavy atom. The predicted molar refractivity (Wildman–Crippen MR) is 109 cm³/mol. The lowest BCUT2D eigenvalue weighted by Crippen LogP contribution is -2.39. The maximum atomic E-state index is 13.4. The minimum absolute atomic E-state index is 0.0864. The summed E-state index contributed by atoms with van der Waals surface area (Å²) >= 11 is 6.60. The second-order valence-electron chi connectivity index (χ2n) is 7.00. The Morgan fingerprint density at radius 2 is 2.00 bits per heavy atom. The lowest BCUT2D eigenvalue weighted by molar-refractivity contribution is -0.125. The summed E-state index contributed by atoms with van der Waals surface area (Å²) in [5, 5.41) is 16.2. The van der Waals surface area contributed by atoms with Gasteiger partial charge >= 0.3 is 10.1 Å². The van der Waals surface area contributed by atoms with Crippen LogP contribution in [0.1, 0.15) is 19.3 Å². The molecule has 0 bridgehead atoms. The second kappa shape index (κ2) is 8.48. The van der Waals surface area contributed by atoms with Crippen LogP contribution in [0.2, 0.25) is 0 Å². The Labute approximate surface area is 186 Å². The third-order valence-corrected chi connectivity index (χ3v) is 5.97. The number of hydrazone groups is 1. The summed E-state index contributed by atoms with van der Waals surface area (Å²) in [7, 11) is 0. The molecule has 1 aliphatic heterocycles. The highest BCUT2D eigenvalue weighted by molar-refractivity contribution is 14.1. The van der Waals surface area contributed by atoms with Crippen LogP contribution in [0.15, 0.2) is 51.3 Å². The zero-order valence-corrected chi connectivity index (χ0v) is 18.0. The molecule has 0 spiro atoms. The van der Waals surface area contributed by atoms with E-state index in [4.69, 9.17) is 11.6 Å². The predicted octanol–water partition coefficient (Wildman–Crippen LogP) is 4.62. The highest BCUT2D eigenvalue weighted by atomic mass is 127. The fraction of sp³-hybridized carbons (Fsp3) is 0.444. The van der Waals surface area contributed by atoms with Crippen molar-refractivity contribution in [1.82, 2.24) is 10.7 Å². The average Bonchev–Trinajstić information content (AvgIpc) is 3.11. The number of hydrogen-bond acceptors (Lipinski definition) is 4. The molecule has 0 fully saturated rings. The second-order valence-corrected chi connectivity index (χ2v) is 8.85. The van der Waals surface area contributed by atoms with Crippen LogP contribution in [0.25, 0.3) is 0 Å². The van der Waals surface area contributed by atoms with Crippen molar-refractivity contribution in [2.24, 2.45) is 11.0 Å². The molecule has 164 valence electrons. The number of carbonyl (C=O) groups is 1. The summed E-state index contributed by atoms with van der Waals surface area (Å²) in [6.45, 7) is 0. The zero-order valence-electron chi connectivity index (χ0n) is 15.1. The smallest absolute Gasteiger partial charge is 0.414 e. The molecule has 12 heteroatoms. The van der Waals surface area contributed by atoms with Crippen molar-refractivity contribution in [2.75, 3.05) is 0 Å². The van der Waals surface area contributed by atoms with Crippen LogP contribution < -0.4 is 10.7 Å². The molecule has 3 atom stereocenters. The van der Waals surface area contributed by atoms with E-state index in [1.807, 2.05) is 0 Å². The van der Waals surface area contributed by atoms with Crippen molar-refractivity contribution in [2.45, 2.75) is 41.5 Å². The van der Waals surface area contributed by atoms with Crippen LogP contribution >= 0.6 is 34.2 Å². The number of alkyl halides is 6. The van der Waals surface area contributed by atoms with Gasteiger partial charge in [-0.1, -0.05) is 23.8 Å². The van der Waals surface area contributed by atoms with Crippen molar-refractivity contribution < 1.29 is 31.9 Å². The number of aliphatic hydroxyl groups excluding tert-OH is 1. The first-order chi connectivity index (χ1) is 13.9. The molecule has 30 heavy (non-hydrogen) atoms. The Morgan fingerprint density at radius 1 is 1.30 bits per heavy atom. The van der Waals surface area contributed by atoms with Crippen LogP contribution in [-0.2, 0) is 4.79 Å². The standard InChI is InChI=1S/C18H16ClF5IN3O2/c19-12-4-1-8(5-11(12)17(20,21)22)16(30)26-9-2-3-10(14(29)6-9)13-7-15(28-27-13)18(23,24)25/h1,3-4,6,8-9,15,28-29H,2,5,7H2,(H,26,30). The third kappa shape index (κ3) is 5.16. The van der Waals surface area contributed by atoms with Gasteiger partial charge in [0.25, 0.3) is 0 Å². The van der Waals surface area contributed by atoms with Gasteiger partial charge in [0, 0.05) is 39.6 Å². The molecule has 3 rings (SSSR count). The zero-order chi connectivity index (χ0) is 22.3. The molecule has 0 aromatic carbocycles. The summed E-state index contributed by atoms with van der Waals surface area (Å²) in [6, 6.07) is -1.86. The molecular weight excluding hydrogens is 548 g/mol. The van der Waals surface area contributed by atoms with E-state index in [2.05, 4.69) is 15.8 Å². The summed E-state index contributed by atoms with van der Waals surface area (Å²) in [4.78, 5) is 12.4. The van der Waals surface area contributed by atoms with Crippen LogP contribution in [0.3, 0.4) is 0 Å². The number of nitrogens with zero attached hydrogens (tertiary/aromatic N) is 1. The number of nitrogens with one attached hydrogen (secondary N) is 2. The number of rotatable bonds is 4. The molecule has 3 N–H and O–H groups in total. The Kier molecular flexibility index (Phi) is 6.51. The van der Waals surface area contributed by atoms with Crippen molar-refractivity contribution in [3.63, 3.8) is 0 Å². The van der Waals surface area contributed by atoms with E-state index < -0.39 is 51.0 Å². The van der Waals surface area contributed by atoms with E-state index in [0.717, 1.165) is 28.7 Å². The maximum absolute atomic E-state index is 13.4. The molecular formula is C18H16ClF5IN3O2. The van der Waals surface area contributed by atoms with Gasteiger partial charge in [-0.25, -0.2) is 0 Å². The van der Waals surface area contributed by atoms with E-state index in [1.165, 1.54) is 12.2 Å². The fourth-order valence-corrected chi connectivity index (χ4v) is 3.89. The molecule has 3 aliphatic rings. The third-order valence-electron chi connectivity index (χ3n) is 4.86. The lowest BCUT2D eigenvalue weighted by Gasteiger charge is -2.25. The highest BCUT2D eigenvalue weighted by Crippen LogP contribution is 2.38. The normalized spacial score (nSPS) is 27.3. The molecule has 0 saturated carbocycles. The quantitative estimate of drug-likeness (QED) is 0.266. The molecule has 0 aromatic rings. The number of allylic oxidation sites excluding steroid dienone is 4. The molecule has 1 amide bonds. The van der Waals surface area contributed by atoms with E-state index in [1.54, 1.807) is 6.08 Å². The van der Waals surface area contributed by atoms with Crippen molar-refractivity contribution >= 4 is 45.8 Å². The monoisotopic (exact) mass is 563 g/mol.